The summed E-state index contributed by atoms with van der Waals surface area (Å²) in [5.74, 6) is 2.59. The van der Waals surface area contributed by atoms with Crippen molar-refractivity contribution in [1.29, 1.82) is 0 Å². The van der Waals surface area contributed by atoms with Crippen LogP contribution in [0.25, 0.3) is 11.1 Å². The molecule has 0 fully saturated rings. The van der Waals surface area contributed by atoms with Crippen LogP contribution in [0, 0.1) is 0 Å². The summed E-state index contributed by atoms with van der Waals surface area (Å²) in [6, 6.07) is 40.8. The van der Waals surface area contributed by atoms with Crippen molar-refractivity contribution in [1.82, 2.24) is 15.0 Å². The fourth-order valence-electron chi connectivity index (χ4n) is 8.73. The number of nitrogens with one attached hydrogen (secondary N) is 2. The van der Waals surface area contributed by atoms with E-state index in [0.29, 0.717) is 54.7 Å². The zero-order chi connectivity index (χ0) is 49.1. The quantitative estimate of drug-likeness (QED) is 0.0334. The molecule has 1 unspecified atom stereocenters. The van der Waals surface area contributed by atoms with Crippen LogP contribution in [-0.4, -0.2) is 68.7 Å². The number of carbonyl (C=O) groups excluding carboxylic acids is 2. The van der Waals surface area contributed by atoms with Crippen LogP contribution in [0.3, 0.4) is 0 Å². The minimum atomic E-state index is -4.02. The molecule has 0 saturated carbocycles. The number of aliphatic imine (C=N–C) groups is 1. The number of Topliss-reactive ketones (excluding diaryl/α,β-unsaturated/α-hetero) is 1. The number of hydrogen-bond donors (Lipinski definition) is 3. The third-order valence-corrected chi connectivity index (χ3v) is 13.4. The van der Waals surface area contributed by atoms with Gasteiger partial charge in [0.2, 0.25) is 11.8 Å². The maximum atomic E-state index is 13.8. The molecule has 70 heavy (non-hydrogen) atoms. The lowest BCUT2D eigenvalue weighted by molar-refractivity contribution is -0.121. The number of carbonyl (C=O) groups is 2. The van der Waals surface area contributed by atoms with Gasteiger partial charge in [-0.1, -0.05) is 72.8 Å². The number of amides is 1. The van der Waals surface area contributed by atoms with Crippen molar-refractivity contribution in [3.8, 4) is 40.0 Å². The number of aryl methyl sites for hydroxylation is 1. The van der Waals surface area contributed by atoms with Gasteiger partial charge in [0.15, 0.2) is 5.78 Å². The Morgan fingerprint density at radius 2 is 1.57 bits per heavy atom. The van der Waals surface area contributed by atoms with E-state index in [-0.39, 0.29) is 54.7 Å². The second-order valence-corrected chi connectivity index (χ2v) is 19.8. The fraction of sp³-hybridized carbons (Fsp3) is 0.309. The number of fused-ring (bicyclic) bond motifs is 4. The van der Waals surface area contributed by atoms with Crippen LogP contribution in [0.2, 0.25) is 0 Å². The van der Waals surface area contributed by atoms with Crippen LogP contribution in [0.5, 0.6) is 28.9 Å². The van der Waals surface area contributed by atoms with E-state index < -0.39 is 27.8 Å². The molecule has 1 aromatic heterocycles. The van der Waals surface area contributed by atoms with Crippen LogP contribution < -0.4 is 34.7 Å². The van der Waals surface area contributed by atoms with Crippen LogP contribution in [0.4, 0.5) is 4.79 Å². The number of rotatable bonds is 22. The van der Waals surface area contributed by atoms with Crippen molar-refractivity contribution >= 4 is 27.9 Å². The maximum Gasteiger partial charge on any atom is 0.407 e. The van der Waals surface area contributed by atoms with E-state index in [1.165, 1.54) is 6.07 Å². The Hall–Kier alpha value is -7.39. The highest BCUT2D eigenvalue weighted by Gasteiger charge is 2.32. The number of nitrogens with zero attached hydrogens (tertiary/aromatic N) is 2. The Balaban J connectivity index is 0.827. The van der Waals surface area contributed by atoms with Crippen LogP contribution >= 0.6 is 0 Å². The lowest BCUT2D eigenvalue weighted by atomic mass is 9.98. The molecule has 6 aromatic rings. The third-order valence-electron chi connectivity index (χ3n) is 12.1. The summed E-state index contributed by atoms with van der Waals surface area (Å²) in [6.07, 6.45) is 4.23. The van der Waals surface area contributed by atoms with Gasteiger partial charge in [-0.15, -0.1) is 0 Å². The molecule has 2 atom stereocenters. The highest BCUT2D eigenvalue weighted by molar-refractivity contribution is 7.90. The van der Waals surface area contributed by atoms with Gasteiger partial charge in [0.25, 0.3) is 10.0 Å². The minimum absolute atomic E-state index is 0.0496. The number of unbranched alkanes of at least 4 members (excludes halogenated alkanes) is 1. The molecule has 364 valence electrons. The third kappa shape index (κ3) is 13.0. The largest absolute Gasteiger partial charge is 0.490 e. The summed E-state index contributed by atoms with van der Waals surface area (Å²) in [5, 5.41) is 2.83. The van der Waals surface area contributed by atoms with Crippen molar-refractivity contribution in [2.75, 3.05) is 19.8 Å². The number of ketones is 1. The Kier molecular flexibility index (Phi) is 15.7. The van der Waals surface area contributed by atoms with E-state index >= 15 is 0 Å². The number of ether oxygens (including phenoxy) is 5. The number of guanidine groups is 1. The Morgan fingerprint density at radius 1 is 0.843 bits per heavy atom. The molecule has 0 radical (unpaired) electrons. The zero-order valence-corrected chi connectivity index (χ0v) is 40.5. The normalized spacial score (nSPS) is 14.5. The molecule has 5 aromatic carbocycles. The molecule has 0 saturated heterocycles. The molecule has 14 nitrogen and oxygen atoms in total. The first-order valence-electron chi connectivity index (χ1n) is 23.6. The van der Waals surface area contributed by atoms with Crippen LogP contribution in [0.15, 0.2) is 150 Å². The standard InChI is InChI=1S/C55H59N5O9S/c1-37(67-52-23-10-11-30-57-52)35-65-41-15-12-16-42(33-41)68-40-26-24-38(25-27-40)14-4-9-22-50(61)49(59-54(62)66-36-48-46-19-7-5-17-44(46)45-18-6-8-20-47(45)48)21-13-31-58-53(56)60-70(63,64)43-28-29-51-39(32-43)34-55(2,3)69-51/h5-8,10-12,15-20,23-30,32-33,37,48-49H,4,9,13-14,21-22,31,34-36H2,1-3H3,(H,59,62)(H3,56,58,60)/t37?,49-/m0/s1. The number of hydrogen-bond acceptors (Lipinski definition) is 11. The van der Waals surface area contributed by atoms with Gasteiger partial charge in [-0.25, -0.2) is 22.9 Å². The van der Waals surface area contributed by atoms with Crippen molar-refractivity contribution in [3.63, 3.8) is 0 Å². The van der Waals surface area contributed by atoms with Gasteiger partial charge in [-0.2, -0.15) is 0 Å². The molecule has 15 heteroatoms. The second kappa shape index (κ2) is 22.4. The van der Waals surface area contributed by atoms with E-state index in [0.717, 1.165) is 46.2 Å². The SMILES string of the molecule is CC(COc1cccc(Oc2ccc(CCCCC(=O)[C@H](CCCN=C(N)NS(=O)(=O)c3ccc4c(c3)CC(C)(C)O4)NC(=O)OCC3c4ccccc4-c4ccccc43)cc2)c1)Oc1ccccn1. The van der Waals surface area contributed by atoms with Gasteiger partial charge in [-0.05, 0) is 135 Å². The van der Waals surface area contributed by atoms with Gasteiger partial charge in [0.05, 0.1) is 10.9 Å². The van der Waals surface area contributed by atoms with Crippen molar-refractivity contribution in [2.45, 2.75) is 94.3 Å². The summed E-state index contributed by atoms with van der Waals surface area (Å²) in [6.45, 7) is 6.35. The van der Waals surface area contributed by atoms with Gasteiger partial charge >= 0.3 is 6.09 Å². The maximum absolute atomic E-state index is 13.8. The van der Waals surface area contributed by atoms with Crippen molar-refractivity contribution < 1.29 is 41.7 Å². The Labute approximate surface area is 409 Å². The molecule has 0 spiro atoms. The fourth-order valence-corrected chi connectivity index (χ4v) is 9.74. The lowest BCUT2D eigenvalue weighted by Gasteiger charge is -2.19. The first-order chi connectivity index (χ1) is 33.8. The van der Waals surface area contributed by atoms with E-state index in [1.54, 1.807) is 24.4 Å². The smallest absolute Gasteiger partial charge is 0.407 e. The Bertz CT molecular complexity index is 2870. The molecule has 1 aliphatic carbocycles. The zero-order valence-electron chi connectivity index (χ0n) is 39.6. The molecular weight excluding hydrogens is 907 g/mol. The molecule has 1 aliphatic heterocycles. The highest BCUT2D eigenvalue weighted by atomic mass is 32.2. The summed E-state index contributed by atoms with van der Waals surface area (Å²) in [4.78, 5) is 35.7. The van der Waals surface area contributed by atoms with Gasteiger partial charge in [0, 0.05) is 43.6 Å². The highest BCUT2D eigenvalue weighted by Crippen LogP contribution is 2.44. The summed E-state index contributed by atoms with van der Waals surface area (Å²) in [7, 11) is -4.02. The number of benzene rings is 5. The number of nitrogens with two attached hydrogens (primary N) is 1. The average Bonchev–Trinajstić information content (AvgIpc) is 3.85. The lowest BCUT2D eigenvalue weighted by Crippen LogP contribution is -2.41. The van der Waals surface area contributed by atoms with Crippen molar-refractivity contribution in [3.05, 3.63) is 162 Å². The molecular formula is C55H59N5O9S. The van der Waals surface area contributed by atoms with E-state index in [1.807, 2.05) is 118 Å². The van der Waals surface area contributed by atoms with Crippen LogP contribution in [-0.2, 0) is 32.4 Å². The monoisotopic (exact) mass is 965 g/mol. The number of sulfonamides is 1. The average molecular weight is 966 g/mol. The molecule has 4 N–H and O–H groups in total. The van der Waals surface area contributed by atoms with E-state index in [9.17, 15) is 18.0 Å². The molecule has 0 bridgehead atoms. The summed E-state index contributed by atoms with van der Waals surface area (Å²) in [5.41, 5.74) is 11.9. The Morgan fingerprint density at radius 3 is 2.31 bits per heavy atom. The predicted octanol–water partition coefficient (Wildman–Crippen LogP) is 9.70. The van der Waals surface area contributed by atoms with Gasteiger partial charge in [0.1, 0.15) is 47.9 Å². The molecule has 2 aliphatic rings. The number of pyridine rings is 1. The van der Waals surface area contributed by atoms with E-state index in [2.05, 4.69) is 32.1 Å². The summed E-state index contributed by atoms with van der Waals surface area (Å²) >= 11 is 0. The predicted molar refractivity (Wildman–Crippen MR) is 268 cm³/mol. The number of aromatic nitrogens is 1. The molecule has 8 rings (SSSR count). The van der Waals surface area contributed by atoms with Gasteiger partial charge in [-0.3, -0.25) is 9.79 Å². The topological polar surface area (TPSA) is 190 Å². The summed E-state index contributed by atoms with van der Waals surface area (Å²) < 4.78 is 58.3. The first-order valence-corrected chi connectivity index (χ1v) is 25.1. The molecule has 1 amide bonds. The molecule has 2 heterocycles. The van der Waals surface area contributed by atoms with Gasteiger partial charge < -0.3 is 34.7 Å². The minimum Gasteiger partial charge on any atom is -0.490 e. The van der Waals surface area contributed by atoms with Crippen LogP contribution in [0.1, 0.15) is 81.0 Å². The number of alkyl carbamates (subject to hydrolysis) is 1. The second-order valence-electron chi connectivity index (χ2n) is 18.1. The van der Waals surface area contributed by atoms with Crippen molar-refractivity contribution in [2.24, 2.45) is 10.7 Å². The van der Waals surface area contributed by atoms with E-state index in [4.69, 9.17) is 29.4 Å². The first kappa shape index (κ1) is 49.0.